The normalized spacial score (nSPS) is 12.4. The summed E-state index contributed by atoms with van der Waals surface area (Å²) in [5, 5.41) is 0. The number of aryl methyl sites for hydroxylation is 2. The molecule has 0 saturated carbocycles. The van der Waals surface area contributed by atoms with Crippen LogP contribution in [0.25, 0.3) is 0 Å². The molecule has 1 heterocycles. The average molecular weight is 258 g/mol. The topological polar surface area (TPSA) is 40.2 Å². The molecule has 0 spiro atoms. The van der Waals surface area contributed by atoms with Crippen molar-refractivity contribution in [3.63, 3.8) is 0 Å². The zero-order chi connectivity index (χ0) is 13.7. The van der Waals surface area contributed by atoms with Gasteiger partial charge in [0.15, 0.2) is 0 Å². The molecule has 19 heavy (non-hydrogen) atoms. The summed E-state index contributed by atoms with van der Waals surface area (Å²) in [5.41, 5.74) is 8.39. The number of nitrogens with zero attached hydrogens (tertiary/aromatic N) is 1. The van der Waals surface area contributed by atoms with E-state index in [1.807, 2.05) is 31.4 Å². The smallest absolute Gasteiger partial charge is 0.119 e. The molecule has 0 radical (unpaired) electrons. The Balaban J connectivity index is 1.98. The highest BCUT2D eigenvalue weighted by molar-refractivity contribution is 5.27. The first-order chi connectivity index (χ1) is 9.24. The third-order valence-corrected chi connectivity index (χ3v) is 3.47. The molecule has 2 aromatic rings. The maximum absolute atomic E-state index is 5.85. The maximum atomic E-state index is 5.85. The van der Waals surface area contributed by atoms with Crippen molar-refractivity contribution in [1.29, 1.82) is 0 Å². The van der Waals surface area contributed by atoms with E-state index in [9.17, 15) is 0 Å². The van der Waals surface area contributed by atoms with E-state index in [1.54, 1.807) is 0 Å². The summed E-state index contributed by atoms with van der Waals surface area (Å²) in [4.78, 5) is 0. The number of hydrogen-bond donors (Lipinski definition) is 1. The molecule has 0 aliphatic carbocycles. The first kappa shape index (κ1) is 13.7. The molecule has 0 aliphatic rings. The van der Waals surface area contributed by atoms with Crippen LogP contribution < -0.4 is 10.5 Å². The molecule has 2 N–H and O–H groups in total. The van der Waals surface area contributed by atoms with Crippen molar-refractivity contribution >= 4 is 0 Å². The van der Waals surface area contributed by atoms with Crippen molar-refractivity contribution in [2.45, 2.75) is 19.3 Å². The van der Waals surface area contributed by atoms with Crippen LogP contribution in [0, 0.1) is 0 Å². The minimum Gasteiger partial charge on any atom is -0.493 e. The number of rotatable bonds is 6. The lowest BCUT2D eigenvalue weighted by atomic mass is 10.1. The molecule has 1 unspecified atom stereocenters. The highest BCUT2D eigenvalue weighted by Crippen LogP contribution is 2.18. The van der Waals surface area contributed by atoms with Gasteiger partial charge in [-0.15, -0.1) is 0 Å². The highest BCUT2D eigenvalue weighted by atomic mass is 16.5. The van der Waals surface area contributed by atoms with E-state index in [-0.39, 0.29) is 5.92 Å². The number of hydrogen-bond acceptors (Lipinski definition) is 2. The van der Waals surface area contributed by atoms with Crippen LogP contribution in [-0.2, 0) is 13.5 Å². The Hall–Kier alpha value is -1.74. The minimum atomic E-state index is 0.228. The fourth-order valence-corrected chi connectivity index (χ4v) is 2.19. The number of nitrogens with two attached hydrogens (primary N) is 1. The van der Waals surface area contributed by atoms with Crippen molar-refractivity contribution in [3.8, 4) is 5.75 Å². The lowest BCUT2D eigenvalue weighted by Crippen LogP contribution is -2.21. The van der Waals surface area contributed by atoms with Crippen molar-refractivity contribution in [2.24, 2.45) is 12.8 Å². The molecule has 0 amide bonds. The first-order valence-corrected chi connectivity index (χ1v) is 6.77. The number of benzene rings is 1. The van der Waals surface area contributed by atoms with Crippen LogP contribution in [-0.4, -0.2) is 17.7 Å². The maximum Gasteiger partial charge on any atom is 0.119 e. The number of ether oxygens (including phenoxy) is 1. The fourth-order valence-electron chi connectivity index (χ4n) is 2.19. The second-order valence-electron chi connectivity index (χ2n) is 4.79. The van der Waals surface area contributed by atoms with Crippen LogP contribution in [0.1, 0.15) is 24.1 Å². The van der Waals surface area contributed by atoms with Gasteiger partial charge in [-0.25, -0.2) is 0 Å². The Morgan fingerprint density at radius 2 is 1.95 bits per heavy atom. The van der Waals surface area contributed by atoms with Crippen LogP contribution in [0.5, 0.6) is 5.75 Å². The van der Waals surface area contributed by atoms with Crippen molar-refractivity contribution < 1.29 is 4.74 Å². The molecule has 1 aromatic carbocycles. The Morgan fingerprint density at radius 3 is 2.47 bits per heavy atom. The van der Waals surface area contributed by atoms with Crippen molar-refractivity contribution in [1.82, 2.24) is 4.57 Å². The zero-order valence-corrected chi connectivity index (χ0v) is 11.7. The van der Waals surface area contributed by atoms with E-state index in [0.29, 0.717) is 13.2 Å². The van der Waals surface area contributed by atoms with E-state index < -0.39 is 0 Å². The molecular weight excluding hydrogens is 236 g/mol. The van der Waals surface area contributed by atoms with Crippen LogP contribution in [0.3, 0.4) is 0 Å². The van der Waals surface area contributed by atoms with E-state index in [0.717, 1.165) is 12.2 Å². The van der Waals surface area contributed by atoms with Crippen LogP contribution in [0.2, 0.25) is 0 Å². The molecule has 1 atom stereocenters. The largest absolute Gasteiger partial charge is 0.493 e. The third-order valence-electron chi connectivity index (χ3n) is 3.47. The summed E-state index contributed by atoms with van der Waals surface area (Å²) in [6, 6.07) is 12.4. The Bertz CT molecular complexity index is 502. The van der Waals surface area contributed by atoms with Crippen molar-refractivity contribution in [2.75, 3.05) is 13.2 Å². The van der Waals surface area contributed by atoms with E-state index >= 15 is 0 Å². The van der Waals surface area contributed by atoms with Gasteiger partial charge in [-0.3, -0.25) is 0 Å². The molecule has 3 nitrogen and oxygen atoms in total. The van der Waals surface area contributed by atoms with E-state index in [2.05, 4.69) is 29.7 Å². The molecule has 1 aromatic heterocycles. The summed E-state index contributed by atoms with van der Waals surface area (Å²) in [6.07, 6.45) is 3.09. The SMILES string of the molecule is CCc1ccc(OCC(CN)c2cccn2C)cc1. The summed E-state index contributed by atoms with van der Waals surface area (Å²) in [6.45, 7) is 3.35. The van der Waals surface area contributed by atoms with Gasteiger partial charge in [0.05, 0.1) is 6.61 Å². The Morgan fingerprint density at radius 1 is 1.21 bits per heavy atom. The molecule has 102 valence electrons. The third kappa shape index (κ3) is 3.38. The second kappa shape index (κ2) is 6.43. The molecule has 0 aliphatic heterocycles. The summed E-state index contributed by atoms with van der Waals surface area (Å²) < 4.78 is 7.94. The standard InChI is InChI=1S/C16H22N2O/c1-3-13-6-8-15(9-7-13)19-12-14(11-17)16-5-4-10-18(16)2/h4-10,14H,3,11-12,17H2,1-2H3. The van der Waals surface area contributed by atoms with Gasteiger partial charge in [0.25, 0.3) is 0 Å². The van der Waals surface area contributed by atoms with Crippen molar-refractivity contribution in [3.05, 3.63) is 53.9 Å². The quantitative estimate of drug-likeness (QED) is 0.865. The summed E-state index contributed by atoms with van der Waals surface area (Å²) >= 11 is 0. The van der Waals surface area contributed by atoms with Crippen LogP contribution >= 0.6 is 0 Å². The monoisotopic (exact) mass is 258 g/mol. The van der Waals surface area contributed by atoms with Crippen LogP contribution in [0.4, 0.5) is 0 Å². The van der Waals surface area contributed by atoms with Gasteiger partial charge < -0.3 is 15.0 Å². The van der Waals surface area contributed by atoms with E-state index in [1.165, 1.54) is 11.3 Å². The fraction of sp³-hybridized carbons (Fsp3) is 0.375. The van der Waals surface area contributed by atoms with Crippen LogP contribution in [0.15, 0.2) is 42.6 Å². The molecule has 0 saturated heterocycles. The van der Waals surface area contributed by atoms with Gasteiger partial charge >= 0.3 is 0 Å². The van der Waals surface area contributed by atoms with Gasteiger partial charge in [0, 0.05) is 31.4 Å². The predicted octanol–water partition coefficient (Wildman–Crippen LogP) is 2.71. The second-order valence-corrected chi connectivity index (χ2v) is 4.79. The number of aromatic nitrogens is 1. The summed E-state index contributed by atoms with van der Waals surface area (Å²) in [5.74, 6) is 1.13. The van der Waals surface area contributed by atoms with Gasteiger partial charge in [-0.1, -0.05) is 19.1 Å². The molecule has 0 fully saturated rings. The van der Waals surface area contributed by atoms with Gasteiger partial charge in [-0.2, -0.15) is 0 Å². The Labute approximate surface area is 115 Å². The molecule has 0 bridgehead atoms. The Kier molecular flexibility index (Phi) is 4.63. The molecule has 3 heteroatoms. The van der Waals surface area contributed by atoms with Gasteiger partial charge in [-0.05, 0) is 36.2 Å². The molecule has 2 rings (SSSR count). The molecular formula is C16H22N2O. The predicted molar refractivity (Wildman–Crippen MR) is 78.5 cm³/mol. The zero-order valence-electron chi connectivity index (χ0n) is 11.7. The lowest BCUT2D eigenvalue weighted by molar-refractivity contribution is 0.286. The lowest BCUT2D eigenvalue weighted by Gasteiger charge is -2.17. The average Bonchev–Trinajstić information content (AvgIpc) is 2.87. The first-order valence-electron chi connectivity index (χ1n) is 6.77. The van der Waals surface area contributed by atoms with Gasteiger partial charge in [0.1, 0.15) is 5.75 Å². The highest BCUT2D eigenvalue weighted by Gasteiger charge is 2.13. The van der Waals surface area contributed by atoms with Gasteiger partial charge in [0.2, 0.25) is 0 Å². The summed E-state index contributed by atoms with van der Waals surface area (Å²) in [7, 11) is 2.04. The van der Waals surface area contributed by atoms with E-state index in [4.69, 9.17) is 10.5 Å². The minimum absolute atomic E-state index is 0.228.